The molecule has 2 rings (SSSR count). The van der Waals surface area contributed by atoms with E-state index in [-0.39, 0.29) is 25.5 Å². The van der Waals surface area contributed by atoms with Gasteiger partial charge in [-0.1, -0.05) is 30.3 Å². The second-order valence-electron chi connectivity index (χ2n) is 4.76. The minimum absolute atomic E-state index is 0.150. The molecule has 0 saturated heterocycles. The maximum Gasteiger partial charge on any atom is 0.240 e. The van der Waals surface area contributed by atoms with Crippen molar-refractivity contribution < 1.29 is 19.1 Å². The van der Waals surface area contributed by atoms with Gasteiger partial charge in [0.15, 0.2) is 0 Å². The fraction of sp³-hybridized carbons (Fsp3) is 0.250. The van der Waals surface area contributed by atoms with Crippen molar-refractivity contribution in [1.29, 1.82) is 0 Å². The second-order valence-corrected chi connectivity index (χ2v) is 4.76. The number of amides is 2. The molecule has 0 radical (unpaired) electrons. The second kappa shape index (κ2) is 7.99. The summed E-state index contributed by atoms with van der Waals surface area (Å²) >= 11 is 0. The van der Waals surface area contributed by atoms with E-state index >= 15 is 0 Å². The summed E-state index contributed by atoms with van der Waals surface area (Å²) in [5.74, 6) is -0.164. The summed E-state index contributed by atoms with van der Waals surface area (Å²) in [5.41, 5.74) is 0.879. The number of carbonyl (C=O) groups is 2. The van der Waals surface area contributed by atoms with Crippen molar-refractivity contribution >= 4 is 11.8 Å². The Hall–Kier alpha value is -2.60. The van der Waals surface area contributed by atoms with Gasteiger partial charge in [-0.05, 0) is 17.7 Å². The van der Waals surface area contributed by atoms with Gasteiger partial charge in [0.2, 0.25) is 11.8 Å². The Morgan fingerprint density at radius 2 is 1.86 bits per heavy atom. The fourth-order valence-corrected chi connectivity index (χ4v) is 1.96. The van der Waals surface area contributed by atoms with E-state index in [2.05, 4.69) is 10.6 Å². The highest BCUT2D eigenvalue weighted by Crippen LogP contribution is 2.12. The van der Waals surface area contributed by atoms with Crippen molar-refractivity contribution in [2.45, 2.75) is 12.5 Å². The van der Waals surface area contributed by atoms with E-state index in [1.54, 1.807) is 12.1 Å². The number of nitrogens with one attached hydrogen (secondary N) is 2. The van der Waals surface area contributed by atoms with Crippen LogP contribution in [-0.2, 0) is 16.0 Å². The molecule has 0 aliphatic heterocycles. The molecular weight excluding hydrogens is 284 g/mol. The number of furan rings is 1. The van der Waals surface area contributed by atoms with Crippen LogP contribution in [0.25, 0.3) is 0 Å². The van der Waals surface area contributed by atoms with Gasteiger partial charge in [0.05, 0.1) is 25.8 Å². The normalized spacial score (nSPS) is 11.7. The van der Waals surface area contributed by atoms with Crippen LogP contribution in [0.15, 0.2) is 53.1 Å². The van der Waals surface area contributed by atoms with E-state index in [0.717, 1.165) is 5.56 Å². The van der Waals surface area contributed by atoms with E-state index in [9.17, 15) is 14.7 Å². The third-order valence-electron chi connectivity index (χ3n) is 3.06. The Labute approximate surface area is 128 Å². The summed E-state index contributed by atoms with van der Waals surface area (Å²) < 4.78 is 5.13. The molecule has 1 unspecified atom stereocenters. The highest BCUT2D eigenvalue weighted by molar-refractivity contribution is 5.85. The van der Waals surface area contributed by atoms with E-state index < -0.39 is 11.9 Å². The van der Waals surface area contributed by atoms with Crippen LogP contribution in [0.4, 0.5) is 0 Å². The van der Waals surface area contributed by atoms with Gasteiger partial charge < -0.3 is 20.2 Å². The number of aliphatic hydroxyl groups is 1. The monoisotopic (exact) mass is 302 g/mol. The molecule has 3 N–H and O–H groups in total. The van der Waals surface area contributed by atoms with Crippen molar-refractivity contribution in [1.82, 2.24) is 10.6 Å². The highest BCUT2D eigenvalue weighted by atomic mass is 16.3. The lowest BCUT2D eigenvalue weighted by molar-refractivity contribution is -0.126. The van der Waals surface area contributed by atoms with Crippen molar-refractivity contribution in [3.8, 4) is 0 Å². The number of aliphatic hydroxyl groups excluding tert-OH is 1. The molecule has 0 saturated carbocycles. The van der Waals surface area contributed by atoms with Crippen molar-refractivity contribution in [3.05, 3.63) is 60.1 Å². The fourth-order valence-electron chi connectivity index (χ4n) is 1.96. The first kappa shape index (κ1) is 15.8. The first-order valence-electron chi connectivity index (χ1n) is 6.93. The largest absolute Gasteiger partial charge is 0.467 e. The summed E-state index contributed by atoms with van der Waals surface area (Å²) in [4.78, 5) is 23.5. The minimum Gasteiger partial charge on any atom is -0.467 e. The lowest BCUT2D eigenvalue weighted by Gasteiger charge is -2.14. The van der Waals surface area contributed by atoms with Crippen LogP contribution in [0.5, 0.6) is 0 Å². The van der Waals surface area contributed by atoms with Crippen LogP contribution in [0.1, 0.15) is 17.4 Å². The average molecular weight is 302 g/mol. The Kier molecular flexibility index (Phi) is 5.73. The van der Waals surface area contributed by atoms with Gasteiger partial charge in [-0.25, -0.2) is 0 Å². The van der Waals surface area contributed by atoms with Gasteiger partial charge in [-0.2, -0.15) is 0 Å². The number of rotatable bonds is 7. The molecule has 1 aromatic carbocycles. The number of hydrogen-bond acceptors (Lipinski definition) is 4. The first-order valence-corrected chi connectivity index (χ1v) is 6.93. The van der Waals surface area contributed by atoms with Crippen LogP contribution < -0.4 is 10.6 Å². The van der Waals surface area contributed by atoms with E-state index in [4.69, 9.17) is 4.42 Å². The van der Waals surface area contributed by atoms with E-state index in [1.165, 1.54) is 6.26 Å². The minimum atomic E-state index is -0.617. The summed E-state index contributed by atoms with van der Waals surface area (Å²) in [7, 11) is 0. The van der Waals surface area contributed by atoms with Crippen molar-refractivity contribution in [2.24, 2.45) is 0 Å². The van der Waals surface area contributed by atoms with Crippen LogP contribution in [0.2, 0.25) is 0 Å². The Bertz CT molecular complexity index is 596. The van der Waals surface area contributed by atoms with Gasteiger partial charge in [-0.3, -0.25) is 9.59 Å². The van der Waals surface area contributed by atoms with Gasteiger partial charge in [0.1, 0.15) is 11.8 Å². The molecule has 22 heavy (non-hydrogen) atoms. The zero-order valence-electron chi connectivity index (χ0n) is 12.0. The van der Waals surface area contributed by atoms with Crippen LogP contribution in [0, 0.1) is 0 Å². The predicted molar refractivity (Wildman–Crippen MR) is 79.8 cm³/mol. The Balaban J connectivity index is 1.76. The third kappa shape index (κ3) is 4.75. The van der Waals surface area contributed by atoms with Crippen molar-refractivity contribution in [3.63, 3.8) is 0 Å². The molecule has 6 nitrogen and oxygen atoms in total. The lowest BCUT2D eigenvalue weighted by Crippen LogP contribution is -2.40. The predicted octanol–water partition coefficient (Wildman–Crippen LogP) is 0.788. The molecule has 116 valence electrons. The van der Waals surface area contributed by atoms with Gasteiger partial charge >= 0.3 is 0 Å². The molecule has 0 aliphatic carbocycles. The molecule has 2 aromatic rings. The van der Waals surface area contributed by atoms with Gasteiger partial charge in [0.25, 0.3) is 0 Å². The van der Waals surface area contributed by atoms with Gasteiger partial charge in [-0.15, -0.1) is 0 Å². The molecule has 1 aromatic heterocycles. The molecular formula is C16H18N2O4. The summed E-state index contributed by atoms with van der Waals surface area (Å²) in [6.07, 6.45) is 1.68. The zero-order chi connectivity index (χ0) is 15.8. The Morgan fingerprint density at radius 1 is 1.09 bits per heavy atom. The molecule has 6 heteroatoms. The zero-order valence-corrected chi connectivity index (χ0v) is 12.0. The molecule has 0 bridgehead atoms. The quantitative estimate of drug-likeness (QED) is 0.705. The molecule has 0 spiro atoms. The third-order valence-corrected chi connectivity index (χ3v) is 3.06. The van der Waals surface area contributed by atoms with E-state index in [0.29, 0.717) is 5.76 Å². The SMILES string of the molecule is O=C(Cc1ccccc1)NCC(=O)NC(CO)c1ccco1. The molecule has 1 atom stereocenters. The smallest absolute Gasteiger partial charge is 0.240 e. The highest BCUT2D eigenvalue weighted by Gasteiger charge is 2.16. The summed E-state index contributed by atoms with van der Waals surface area (Å²) in [6.45, 7) is -0.430. The summed E-state index contributed by atoms with van der Waals surface area (Å²) in [6, 6.07) is 12.0. The molecule has 0 fully saturated rings. The Morgan fingerprint density at radius 3 is 2.50 bits per heavy atom. The molecule has 0 aliphatic rings. The lowest BCUT2D eigenvalue weighted by atomic mass is 10.1. The van der Waals surface area contributed by atoms with Crippen LogP contribution in [-0.4, -0.2) is 30.1 Å². The maximum absolute atomic E-state index is 11.8. The van der Waals surface area contributed by atoms with E-state index in [1.807, 2.05) is 30.3 Å². The molecule has 1 heterocycles. The molecule has 2 amide bonds. The topological polar surface area (TPSA) is 91.6 Å². The number of carbonyl (C=O) groups excluding carboxylic acids is 2. The summed E-state index contributed by atoms with van der Waals surface area (Å²) in [5, 5.41) is 14.4. The number of benzene rings is 1. The average Bonchev–Trinajstić information content (AvgIpc) is 3.06. The maximum atomic E-state index is 11.8. The number of hydrogen-bond donors (Lipinski definition) is 3. The standard InChI is InChI=1S/C16H18N2O4/c19-11-13(14-7-4-8-22-14)18-16(21)10-17-15(20)9-12-5-2-1-3-6-12/h1-8,13,19H,9-11H2,(H,17,20)(H,18,21). The van der Waals surface area contributed by atoms with Gasteiger partial charge in [0, 0.05) is 0 Å². The van der Waals surface area contributed by atoms with Crippen LogP contribution in [0.3, 0.4) is 0 Å². The van der Waals surface area contributed by atoms with Crippen LogP contribution >= 0.6 is 0 Å². The van der Waals surface area contributed by atoms with Crippen molar-refractivity contribution in [2.75, 3.05) is 13.2 Å². The first-order chi connectivity index (χ1) is 10.7.